The molecule has 20 heavy (non-hydrogen) atoms. The first-order valence-corrected chi connectivity index (χ1v) is 6.33. The summed E-state index contributed by atoms with van der Waals surface area (Å²) in [6.07, 6.45) is 0. The summed E-state index contributed by atoms with van der Waals surface area (Å²) in [5.41, 5.74) is 6.80. The maximum absolute atomic E-state index is 12.1. The van der Waals surface area contributed by atoms with Gasteiger partial charge in [0.15, 0.2) is 0 Å². The van der Waals surface area contributed by atoms with Crippen molar-refractivity contribution in [2.24, 2.45) is 0 Å². The van der Waals surface area contributed by atoms with E-state index < -0.39 is 0 Å². The predicted molar refractivity (Wildman–Crippen MR) is 85.8 cm³/mol. The SMILES string of the molecule is Cc1nc(CN(C)C(=O)c2cccc(N)n2)cs1.Cl.Cl. The van der Waals surface area contributed by atoms with Crippen LogP contribution in [0.3, 0.4) is 0 Å². The van der Waals surface area contributed by atoms with E-state index in [0.29, 0.717) is 18.1 Å². The molecule has 0 atom stereocenters. The smallest absolute Gasteiger partial charge is 0.272 e. The number of carbonyl (C=O) groups is 1. The summed E-state index contributed by atoms with van der Waals surface area (Å²) in [4.78, 5) is 22.0. The number of hydrogen-bond acceptors (Lipinski definition) is 5. The van der Waals surface area contributed by atoms with Gasteiger partial charge in [-0.2, -0.15) is 0 Å². The first kappa shape index (κ1) is 18.6. The molecule has 2 N–H and O–H groups in total. The number of amides is 1. The number of pyridine rings is 1. The molecule has 0 aromatic carbocycles. The highest BCUT2D eigenvalue weighted by Crippen LogP contribution is 2.11. The number of aryl methyl sites for hydroxylation is 1. The summed E-state index contributed by atoms with van der Waals surface area (Å²) in [5, 5.41) is 2.94. The number of nitrogens with zero attached hydrogens (tertiary/aromatic N) is 3. The summed E-state index contributed by atoms with van der Waals surface area (Å²) < 4.78 is 0. The van der Waals surface area contributed by atoms with Gasteiger partial charge in [0.25, 0.3) is 5.91 Å². The first-order valence-electron chi connectivity index (χ1n) is 5.45. The largest absolute Gasteiger partial charge is 0.384 e. The molecule has 2 heterocycles. The Kier molecular flexibility index (Phi) is 7.49. The van der Waals surface area contributed by atoms with Gasteiger partial charge < -0.3 is 10.6 Å². The number of halogens is 2. The number of nitrogens with two attached hydrogens (primary N) is 1. The van der Waals surface area contributed by atoms with Gasteiger partial charge in [0.2, 0.25) is 0 Å². The standard InChI is InChI=1S/C12H14N4OS.2ClH/c1-8-14-9(7-18-8)6-16(2)12(17)10-4-3-5-11(13)15-10;;/h3-5,7H,6H2,1-2H3,(H2,13,15);2*1H. The number of nitrogen functional groups attached to an aromatic ring is 1. The van der Waals surface area contributed by atoms with Gasteiger partial charge >= 0.3 is 0 Å². The van der Waals surface area contributed by atoms with E-state index >= 15 is 0 Å². The number of anilines is 1. The van der Waals surface area contributed by atoms with Crippen LogP contribution in [0.4, 0.5) is 5.82 Å². The van der Waals surface area contributed by atoms with Crippen molar-refractivity contribution in [2.75, 3.05) is 12.8 Å². The molecule has 0 unspecified atom stereocenters. The van der Waals surface area contributed by atoms with Gasteiger partial charge in [-0.05, 0) is 19.1 Å². The van der Waals surface area contributed by atoms with Gasteiger partial charge in [-0.25, -0.2) is 9.97 Å². The zero-order valence-corrected chi connectivity index (χ0v) is 13.5. The summed E-state index contributed by atoms with van der Waals surface area (Å²) in [6, 6.07) is 5.03. The van der Waals surface area contributed by atoms with E-state index in [0.717, 1.165) is 10.7 Å². The third-order valence-corrected chi connectivity index (χ3v) is 3.22. The highest BCUT2D eigenvalue weighted by molar-refractivity contribution is 7.09. The van der Waals surface area contributed by atoms with Gasteiger partial charge in [0.05, 0.1) is 17.2 Å². The van der Waals surface area contributed by atoms with Gasteiger partial charge in [-0.3, -0.25) is 4.79 Å². The van der Waals surface area contributed by atoms with E-state index in [2.05, 4.69) is 9.97 Å². The number of thiazole rings is 1. The molecule has 110 valence electrons. The molecule has 0 radical (unpaired) electrons. The molecule has 0 aliphatic heterocycles. The maximum Gasteiger partial charge on any atom is 0.272 e. The lowest BCUT2D eigenvalue weighted by molar-refractivity contribution is 0.0778. The van der Waals surface area contributed by atoms with Crippen LogP contribution in [0.1, 0.15) is 21.2 Å². The van der Waals surface area contributed by atoms with E-state index in [1.54, 1.807) is 41.5 Å². The second-order valence-electron chi connectivity index (χ2n) is 3.97. The quantitative estimate of drug-likeness (QED) is 0.936. The molecule has 0 aliphatic carbocycles. The number of aromatic nitrogens is 2. The van der Waals surface area contributed by atoms with Crippen LogP contribution in [0.5, 0.6) is 0 Å². The second kappa shape index (κ2) is 8.04. The molecule has 0 aliphatic rings. The van der Waals surface area contributed by atoms with Crippen molar-refractivity contribution < 1.29 is 4.79 Å². The van der Waals surface area contributed by atoms with Crippen LogP contribution in [0, 0.1) is 6.92 Å². The van der Waals surface area contributed by atoms with Crippen LogP contribution in [0.2, 0.25) is 0 Å². The number of carbonyl (C=O) groups excluding carboxylic acids is 1. The van der Waals surface area contributed by atoms with E-state index in [1.807, 2.05) is 12.3 Å². The zero-order valence-electron chi connectivity index (χ0n) is 11.1. The molecule has 1 amide bonds. The Labute approximate surface area is 134 Å². The van der Waals surface area contributed by atoms with Crippen LogP contribution >= 0.6 is 36.2 Å². The Balaban J connectivity index is 0.00000180. The van der Waals surface area contributed by atoms with Crippen molar-refractivity contribution in [1.82, 2.24) is 14.9 Å². The Morgan fingerprint density at radius 3 is 2.60 bits per heavy atom. The average Bonchev–Trinajstić information content (AvgIpc) is 2.73. The molecule has 0 fully saturated rings. The molecule has 2 aromatic heterocycles. The maximum atomic E-state index is 12.1. The monoisotopic (exact) mass is 334 g/mol. The third-order valence-electron chi connectivity index (χ3n) is 2.40. The highest BCUT2D eigenvalue weighted by atomic mass is 35.5. The van der Waals surface area contributed by atoms with Gasteiger partial charge in [0, 0.05) is 12.4 Å². The topological polar surface area (TPSA) is 72.1 Å². The molecule has 5 nitrogen and oxygen atoms in total. The van der Waals surface area contributed by atoms with E-state index in [-0.39, 0.29) is 30.7 Å². The Bertz CT molecular complexity index is 576. The van der Waals surface area contributed by atoms with Gasteiger partial charge in [0.1, 0.15) is 11.5 Å². The Hall–Kier alpha value is -1.37. The van der Waals surface area contributed by atoms with Gasteiger partial charge in [-0.15, -0.1) is 36.2 Å². The van der Waals surface area contributed by atoms with E-state index in [4.69, 9.17) is 5.73 Å². The van der Waals surface area contributed by atoms with Crippen LogP contribution in [0.15, 0.2) is 23.6 Å². The minimum Gasteiger partial charge on any atom is -0.384 e. The van der Waals surface area contributed by atoms with Crippen molar-refractivity contribution >= 4 is 47.9 Å². The lowest BCUT2D eigenvalue weighted by Crippen LogP contribution is -2.27. The van der Waals surface area contributed by atoms with Crippen molar-refractivity contribution in [3.8, 4) is 0 Å². The number of rotatable bonds is 3. The zero-order chi connectivity index (χ0) is 13.1. The van der Waals surface area contributed by atoms with Crippen LogP contribution < -0.4 is 5.73 Å². The van der Waals surface area contributed by atoms with Crippen molar-refractivity contribution in [2.45, 2.75) is 13.5 Å². The molecule has 0 saturated heterocycles. The summed E-state index contributed by atoms with van der Waals surface area (Å²) in [5.74, 6) is 0.187. The molecule has 2 rings (SSSR count). The summed E-state index contributed by atoms with van der Waals surface area (Å²) in [6.45, 7) is 2.41. The van der Waals surface area contributed by atoms with Crippen LogP contribution in [-0.2, 0) is 6.54 Å². The molecular weight excluding hydrogens is 319 g/mol. The highest BCUT2D eigenvalue weighted by Gasteiger charge is 2.14. The Morgan fingerprint density at radius 2 is 2.05 bits per heavy atom. The fraction of sp³-hybridized carbons (Fsp3) is 0.250. The predicted octanol–water partition coefficient (Wildman–Crippen LogP) is 2.54. The van der Waals surface area contributed by atoms with E-state index in [1.165, 1.54) is 0 Å². The fourth-order valence-electron chi connectivity index (χ4n) is 1.56. The lowest BCUT2D eigenvalue weighted by atomic mass is 10.3. The minimum atomic E-state index is -0.159. The molecule has 8 heteroatoms. The van der Waals surface area contributed by atoms with Crippen molar-refractivity contribution in [1.29, 1.82) is 0 Å². The van der Waals surface area contributed by atoms with Crippen molar-refractivity contribution in [3.63, 3.8) is 0 Å². The van der Waals surface area contributed by atoms with Crippen molar-refractivity contribution in [3.05, 3.63) is 40.0 Å². The minimum absolute atomic E-state index is 0. The van der Waals surface area contributed by atoms with E-state index in [9.17, 15) is 4.79 Å². The molecule has 0 saturated carbocycles. The average molecular weight is 335 g/mol. The molecule has 0 spiro atoms. The van der Waals surface area contributed by atoms with Gasteiger partial charge in [-0.1, -0.05) is 6.07 Å². The fourth-order valence-corrected chi connectivity index (χ4v) is 2.17. The normalized spacial score (nSPS) is 9.30. The molecular formula is C12H16Cl2N4OS. The Morgan fingerprint density at radius 1 is 1.35 bits per heavy atom. The summed E-state index contributed by atoms with van der Waals surface area (Å²) in [7, 11) is 1.72. The molecule has 2 aromatic rings. The first-order chi connectivity index (χ1) is 8.56. The summed E-state index contributed by atoms with van der Waals surface area (Å²) >= 11 is 1.57. The molecule has 0 bridgehead atoms. The lowest BCUT2D eigenvalue weighted by Gasteiger charge is -2.15. The van der Waals surface area contributed by atoms with Crippen LogP contribution in [0.25, 0.3) is 0 Å². The van der Waals surface area contributed by atoms with Crippen LogP contribution in [-0.4, -0.2) is 27.8 Å². The number of hydrogen-bond donors (Lipinski definition) is 1. The third kappa shape index (κ3) is 4.63. The second-order valence-corrected chi connectivity index (χ2v) is 5.03.